The molecule has 21 heavy (non-hydrogen) atoms. The summed E-state index contributed by atoms with van der Waals surface area (Å²) in [7, 11) is 0. The summed E-state index contributed by atoms with van der Waals surface area (Å²) in [5, 5.41) is 18.5. The van der Waals surface area contributed by atoms with Gasteiger partial charge in [-0.2, -0.15) is 5.26 Å². The van der Waals surface area contributed by atoms with Crippen molar-refractivity contribution in [3.05, 3.63) is 47.2 Å². The molecule has 5 heteroatoms. The average molecular weight is 282 g/mol. The Bertz CT molecular complexity index is 733. The van der Waals surface area contributed by atoms with Crippen LogP contribution in [0.25, 0.3) is 11.3 Å². The summed E-state index contributed by atoms with van der Waals surface area (Å²) in [6, 6.07) is 8.14. The van der Waals surface area contributed by atoms with Crippen LogP contribution in [0.4, 0.5) is 0 Å². The number of benzene rings is 1. The fourth-order valence-electron chi connectivity index (χ4n) is 2.01. The van der Waals surface area contributed by atoms with E-state index in [4.69, 9.17) is 10.00 Å². The van der Waals surface area contributed by atoms with Crippen LogP contribution in [-0.4, -0.2) is 22.7 Å². The predicted octanol–water partition coefficient (Wildman–Crippen LogP) is 2.81. The molecule has 0 spiro atoms. The van der Waals surface area contributed by atoms with Gasteiger partial charge in [-0.05, 0) is 43.7 Å². The van der Waals surface area contributed by atoms with Crippen LogP contribution in [-0.2, 0) is 4.74 Å². The number of aromatic nitrogens is 1. The minimum Gasteiger partial charge on any atom is -0.507 e. The summed E-state index contributed by atoms with van der Waals surface area (Å²) in [6.45, 7) is 3.80. The average Bonchev–Trinajstić information content (AvgIpc) is 2.47. The van der Waals surface area contributed by atoms with Gasteiger partial charge in [0, 0.05) is 11.8 Å². The summed E-state index contributed by atoms with van der Waals surface area (Å²) in [5.74, 6) is -0.559. The van der Waals surface area contributed by atoms with Crippen molar-refractivity contribution in [1.82, 2.24) is 4.98 Å². The van der Waals surface area contributed by atoms with Crippen LogP contribution in [0.15, 0.2) is 30.5 Å². The maximum atomic E-state index is 12.1. The SMILES string of the molecule is CCOC(=O)c1c(C)ccnc1-c1ccc(O)c(C#N)c1. The maximum Gasteiger partial charge on any atom is 0.340 e. The number of rotatable bonds is 3. The molecule has 0 amide bonds. The van der Waals surface area contributed by atoms with Crippen molar-refractivity contribution < 1.29 is 14.6 Å². The number of esters is 1. The lowest BCUT2D eigenvalue weighted by Gasteiger charge is -2.11. The molecule has 0 aliphatic rings. The third-order valence-corrected chi connectivity index (χ3v) is 3.03. The second kappa shape index (κ2) is 6.06. The van der Waals surface area contributed by atoms with Crippen LogP contribution in [0.5, 0.6) is 5.75 Å². The normalized spacial score (nSPS) is 9.95. The fourth-order valence-corrected chi connectivity index (χ4v) is 2.01. The van der Waals surface area contributed by atoms with E-state index < -0.39 is 5.97 Å². The molecule has 0 radical (unpaired) electrons. The van der Waals surface area contributed by atoms with E-state index >= 15 is 0 Å². The van der Waals surface area contributed by atoms with E-state index in [-0.39, 0.29) is 17.9 Å². The summed E-state index contributed by atoms with van der Waals surface area (Å²) in [6.07, 6.45) is 1.59. The maximum absolute atomic E-state index is 12.1. The second-order valence-corrected chi connectivity index (χ2v) is 4.42. The molecule has 0 aliphatic carbocycles. The molecule has 0 unspecified atom stereocenters. The van der Waals surface area contributed by atoms with E-state index in [1.807, 2.05) is 6.07 Å². The first-order valence-corrected chi connectivity index (χ1v) is 6.44. The fraction of sp³-hybridized carbons (Fsp3) is 0.188. The monoisotopic (exact) mass is 282 g/mol. The Morgan fingerprint density at radius 3 is 2.86 bits per heavy atom. The predicted molar refractivity (Wildman–Crippen MR) is 76.7 cm³/mol. The van der Waals surface area contributed by atoms with Crippen LogP contribution in [0, 0.1) is 18.3 Å². The van der Waals surface area contributed by atoms with E-state index in [0.29, 0.717) is 16.8 Å². The molecule has 0 saturated carbocycles. The van der Waals surface area contributed by atoms with E-state index in [1.165, 1.54) is 12.1 Å². The number of aromatic hydroxyl groups is 1. The highest BCUT2D eigenvalue weighted by Crippen LogP contribution is 2.28. The Morgan fingerprint density at radius 2 is 2.19 bits per heavy atom. The molecule has 0 bridgehead atoms. The topological polar surface area (TPSA) is 83.2 Å². The molecular weight excluding hydrogens is 268 g/mol. The summed E-state index contributed by atoms with van der Waals surface area (Å²) < 4.78 is 5.06. The molecule has 1 heterocycles. The van der Waals surface area contributed by atoms with Crippen LogP contribution < -0.4 is 0 Å². The lowest BCUT2D eigenvalue weighted by atomic mass is 10.00. The van der Waals surface area contributed by atoms with Gasteiger partial charge in [0.2, 0.25) is 0 Å². The lowest BCUT2D eigenvalue weighted by Crippen LogP contribution is -2.09. The number of phenolic OH excluding ortho intramolecular Hbond substituents is 1. The van der Waals surface area contributed by atoms with Crippen LogP contribution in [0.3, 0.4) is 0 Å². The molecule has 106 valence electrons. The number of phenols is 1. The third-order valence-electron chi connectivity index (χ3n) is 3.03. The van der Waals surface area contributed by atoms with Crippen molar-refractivity contribution in [2.75, 3.05) is 6.61 Å². The molecule has 2 aromatic rings. The van der Waals surface area contributed by atoms with Gasteiger partial charge in [-0.15, -0.1) is 0 Å². The number of carbonyl (C=O) groups is 1. The largest absolute Gasteiger partial charge is 0.507 e. The summed E-state index contributed by atoms with van der Waals surface area (Å²) >= 11 is 0. The second-order valence-electron chi connectivity index (χ2n) is 4.42. The van der Waals surface area contributed by atoms with Gasteiger partial charge in [0.1, 0.15) is 11.8 Å². The number of hydrogen-bond donors (Lipinski definition) is 1. The van der Waals surface area contributed by atoms with Crippen LogP contribution in [0.1, 0.15) is 28.4 Å². The Labute approximate surface area is 122 Å². The minimum atomic E-state index is -0.454. The zero-order valence-corrected chi connectivity index (χ0v) is 11.8. The summed E-state index contributed by atoms with van der Waals surface area (Å²) in [4.78, 5) is 16.3. The van der Waals surface area contributed by atoms with Crippen molar-refractivity contribution in [3.63, 3.8) is 0 Å². The van der Waals surface area contributed by atoms with Gasteiger partial charge in [-0.1, -0.05) is 0 Å². The highest BCUT2D eigenvalue weighted by atomic mass is 16.5. The van der Waals surface area contributed by atoms with Crippen LogP contribution in [0.2, 0.25) is 0 Å². The highest BCUT2D eigenvalue weighted by molar-refractivity contribution is 5.97. The number of nitriles is 1. The molecule has 2 rings (SSSR count). The van der Waals surface area contributed by atoms with Gasteiger partial charge in [0.25, 0.3) is 0 Å². The Hall–Kier alpha value is -2.87. The van der Waals surface area contributed by atoms with E-state index in [2.05, 4.69) is 4.98 Å². The van der Waals surface area contributed by atoms with Gasteiger partial charge < -0.3 is 9.84 Å². The van der Waals surface area contributed by atoms with Gasteiger partial charge in [-0.3, -0.25) is 4.98 Å². The number of ether oxygens (including phenoxy) is 1. The van der Waals surface area contributed by atoms with E-state index in [0.717, 1.165) is 5.56 Å². The van der Waals surface area contributed by atoms with Gasteiger partial charge in [0.15, 0.2) is 0 Å². The van der Waals surface area contributed by atoms with Crippen molar-refractivity contribution in [2.24, 2.45) is 0 Å². The molecule has 1 aromatic carbocycles. The van der Waals surface area contributed by atoms with Gasteiger partial charge >= 0.3 is 5.97 Å². The quantitative estimate of drug-likeness (QED) is 0.875. The number of nitrogens with zero attached hydrogens (tertiary/aromatic N) is 2. The first-order valence-electron chi connectivity index (χ1n) is 6.44. The third kappa shape index (κ3) is 2.84. The van der Waals surface area contributed by atoms with Crippen molar-refractivity contribution >= 4 is 5.97 Å². The number of aryl methyl sites for hydroxylation is 1. The number of carbonyl (C=O) groups excluding carboxylic acids is 1. The molecule has 0 atom stereocenters. The minimum absolute atomic E-state index is 0.105. The molecule has 0 fully saturated rings. The number of pyridine rings is 1. The van der Waals surface area contributed by atoms with E-state index in [1.54, 1.807) is 32.2 Å². The van der Waals surface area contributed by atoms with E-state index in [9.17, 15) is 9.90 Å². The van der Waals surface area contributed by atoms with Crippen molar-refractivity contribution in [3.8, 4) is 23.1 Å². The molecule has 0 aliphatic heterocycles. The first-order chi connectivity index (χ1) is 10.1. The standard InChI is InChI=1S/C16H14N2O3/c1-3-21-16(20)14-10(2)6-7-18-15(14)11-4-5-13(19)12(8-11)9-17/h4-8,19H,3H2,1-2H3. The van der Waals surface area contributed by atoms with Crippen molar-refractivity contribution in [1.29, 1.82) is 5.26 Å². The van der Waals surface area contributed by atoms with Gasteiger partial charge in [-0.25, -0.2) is 4.79 Å². The highest BCUT2D eigenvalue weighted by Gasteiger charge is 2.18. The molecule has 1 aromatic heterocycles. The Morgan fingerprint density at radius 1 is 1.43 bits per heavy atom. The molecule has 1 N–H and O–H groups in total. The Balaban J connectivity index is 2.62. The summed E-state index contributed by atoms with van der Waals surface area (Å²) in [5.41, 5.74) is 2.26. The lowest BCUT2D eigenvalue weighted by molar-refractivity contribution is 0.0526. The Kier molecular flexibility index (Phi) is 4.19. The molecular formula is C16H14N2O3. The molecule has 0 saturated heterocycles. The number of hydrogen-bond acceptors (Lipinski definition) is 5. The molecule has 5 nitrogen and oxygen atoms in total. The smallest absolute Gasteiger partial charge is 0.340 e. The van der Waals surface area contributed by atoms with Crippen LogP contribution >= 0.6 is 0 Å². The van der Waals surface area contributed by atoms with Crippen molar-refractivity contribution in [2.45, 2.75) is 13.8 Å². The van der Waals surface area contributed by atoms with Gasteiger partial charge in [0.05, 0.1) is 23.4 Å². The zero-order valence-electron chi connectivity index (χ0n) is 11.8. The zero-order chi connectivity index (χ0) is 15.4. The first kappa shape index (κ1) is 14.5.